The molecule has 15 heavy (non-hydrogen) atoms. The molecule has 2 bridgehead atoms. The summed E-state index contributed by atoms with van der Waals surface area (Å²) in [5, 5.41) is 9.14. The van der Waals surface area contributed by atoms with E-state index >= 15 is 0 Å². The van der Waals surface area contributed by atoms with Gasteiger partial charge in [-0.05, 0) is 44.4 Å². The van der Waals surface area contributed by atoms with Crippen LogP contribution in [0.15, 0.2) is 0 Å². The number of piperidine rings is 1. The fourth-order valence-corrected chi connectivity index (χ4v) is 3.35. The Bertz CT molecular complexity index is 340. The largest absolute Gasteiger partial charge is 0.338 e. The quantitative estimate of drug-likeness (QED) is 0.652. The van der Waals surface area contributed by atoms with Crippen molar-refractivity contribution in [3.8, 4) is 6.07 Å². The fraction of sp³-hybridized carbons (Fsp3) is 0.833. The highest BCUT2D eigenvalue weighted by Crippen LogP contribution is 2.46. The molecule has 3 heteroatoms. The van der Waals surface area contributed by atoms with E-state index in [1.165, 1.54) is 12.8 Å². The van der Waals surface area contributed by atoms with E-state index in [-0.39, 0.29) is 5.91 Å². The van der Waals surface area contributed by atoms with E-state index in [1.807, 2.05) is 4.90 Å². The minimum atomic E-state index is -0.621. The zero-order chi connectivity index (χ0) is 10.5. The lowest BCUT2D eigenvalue weighted by molar-refractivity contribution is -0.144. The number of carbonyl (C=O) groups is 1. The molecule has 2 saturated carbocycles. The first kappa shape index (κ1) is 9.21. The summed E-state index contributed by atoms with van der Waals surface area (Å²) in [6.45, 7) is 0.924. The van der Waals surface area contributed by atoms with Gasteiger partial charge in [0, 0.05) is 12.6 Å². The van der Waals surface area contributed by atoms with Crippen LogP contribution in [-0.4, -0.2) is 23.4 Å². The average molecular weight is 204 g/mol. The molecule has 0 radical (unpaired) electrons. The number of amides is 1. The van der Waals surface area contributed by atoms with E-state index in [0.717, 1.165) is 38.1 Å². The van der Waals surface area contributed by atoms with Gasteiger partial charge in [0.05, 0.1) is 6.07 Å². The topological polar surface area (TPSA) is 44.1 Å². The first-order valence-corrected chi connectivity index (χ1v) is 5.97. The zero-order valence-corrected chi connectivity index (χ0v) is 8.91. The lowest BCUT2D eigenvalue weighted by Gasteiger charge is -2.39. The zero-order valence-electron chi connectivity index (χ0n) is 8.91. The van der Waals surface area contributed by atoms with Gasteiger partial charge in [-0.15, -0.1) is 0 Å². The van der Waals surface area contributed by atoms with Crippen molar-refractivity contribution < 1.29 is 4.79 Å². The first-order valence-electron chi connectivity index (χ1n) is 5.97. The van der Waals surface area contributed by atoms with Crippen LogP contribution in [0.25, 0.3) is 0 Å². The molecule has 2 aliphatic carbocycles. The molecular formula is C12H16N2O. The Morgan fingerprint density at radius 3 is 2.60 bits per heavy atom. The van der Waals surface area contributed by atoms with Crippen LogP contribution in [0.5, 0.6) is 0 Å². The average Bonchev–Trinajstić information content (AvgIpc) is 2.77. The molecule has 1 amide bonds. The monoisotopic (exact) mass is 204 g/mol. The molecule has 0 N–H and O–H groups in total. The second-order valence-electron chi connectivity index (χ2n) is 5.34. The van der Waals surface area contributed by atoms with Gasteiger partial charge in [-0.2, -0.15) is 5.26 Å². The molecule has 1 saturated heterocycles. The number of rotatable bonds is 1. The Morgan fingerprint density at radius 1 is 1.40 bits per heavy atom. The highest BCUT2D eigenvalue weighted by atomic mass is 16.2. The molecule has 0 aromatic rings. The Balaban J connectivity index is 1.78. The van der Waals surface area contributed by atoms with E-state index < -0.39 is 5.41 Å². The highest BCUT2D eigenvalue weighted by Gasteiger charge is 2.51. The minimum Gasteiger partial charge on any atom is -0.338 e. The minimum absolute atomic E-state index is 0.142. The molecule has 0 spiro atoms. The van der Waals surface area contributed by atoms with Crippen molar-refractivity contribution in [1.29, 1.82) is 5.26 Å². The van der Waals surface area contributed by atoms with Crippen molar-refractivity contribution in [1.82, 2.24) is 4.90 Å². The molecule has 80 valence electrons. The van der Waals surface area contributed by atoms with Crippen LogP contribution in [0.4, 0.5) is 0 Å². The summed E-state index contributed by atoms with van der Waals surface area (Å²) in [5.74, 6) is 0.873. The smallest absolute Gasteiger partial charge is 0.243 e. The van der Waals surface area contributed by atoms with Crippen LogP contribution in [-0.2, 0) is 4.79 Å². The van der Waals surface area contributed by atoms with Crippen molar-refractivity contribution in [2.45, 2.75) is 44.6 Å². The van der Waals surface area contributed by atoms with Crippen LogP contribution >= 0.6 is 0 Å². The van der Waals surface area contributed by atoms with E-state index in [4.69, 9.17) is 5.26 Å². The van der Waals surface area contributed by atoms with Crippen molar-refractivity contribution in [3.63, 3.8) is 0 Å². The number of carbonyl (C=O) groups excluding carboxylic acids is 1. The SMILES string of the molecule is N#CC1(C(=O)N2CC3CCC2C3)CCC1. The summed E-state index contributed by atoms with van der Waals surface area (Å²) in [5.41, 5.74) is -0.621. The molecule has 2 unspecified atom stereocenters. The standard InChI is InChI=1S/C12H16N2O/c13-8-12(4-1-5-12)11(15)14-7-9-2-3-10(14)6-9/h9-10H,1-7H2. The lowest BCUT2D eigenvalue weighted by Crippen LogP contribution is -2.49. The summed E-state index contributed by atoms with van der Waals surface area (Å²) in [7, 11) is 0. The predicted molar refractivity (Wildman–Crippen MR) is 54.7 cm³/mol. The van der Waals surface area contributed by atoms with Crippen molar-refractivity contribution in [2.75, 3.05) is 6.54 Å². The normalized spacial score (nSPS) is 36.1. The van der Waals surface area contributed by atoms with Gasteiger partial charge in [-0.3, -0.25) is 4.79 Å². The van der Waals surface area contributed by atoms with Gasteiger partial charge in [0.2, 0.25) is 5.91 Å². The van der Waals surface area contributed by atoms with Crippen LogP contribution in [0.3, 0.4) is 0 Å². The number of fused-ring (bicyclic) bond motifs is 2. The van der Waals surface area contributed by atoms with E-state index in [9.17, 15) is 4.79 Å². The van der Waals surface area contributed by atoms with Crippen molar-refractivity contribution >= 4 is 5.91 Å². The van der Waals surface area contributed by atoms with Crippen LogP contribution in [0.1, 0.15) is 38.5 Å². The summed E-state index contributed by atoms with van der Waals surface area (Å²) in [6.07, 6.45) is 6.26. The Labute approximate surface area is 90.1 Å². The van der Waals surface area contributed by atoms with E-state index in [2.05, 4.69) is 6.07 Å². The molecule has 2 atom stereocenters. The van der Waals surface area contributed by atoms with Gasteiger partial charge < -0.3 is 4.90 Å². The van der Waals surface area contributed by atoms with Crippen molar-refractivity contribution in [2.24, 2.45) is 11.3 Å². The van der Waals surface area contributed by atoms with Crippen molar-refractivity contribution in [3.05, 3.63) is 0 Å². The fourth-order valence-electron chi connectivity index (χ4n) is 3.35. The maximum atomic E-state index is 12.3. The Morgan fingerprint density at radius 2 is 2.20 bits per heavy atom. The second-order valence-corrected chi connectivity index (χ2v) is 5.34. The summed E-state index contributed by atoms with van der Waals surface area (Å²) < 4.78 is 0. The van der Waals surface area contributed by atoms with Gasteiger partial charge in [-0.25, -0.2) is 0 Å². The van der Waals surface area contributed by atoms with Gasteiger partial charge >= 0.3 is 0 Å². The summed E-state index contributed by atoms with van der Waals surface area (Å²) >= 11 is 0. The summed E-state index contributed by atoms with van der Waals surface area (Å²) in [6, 6.07) is 2.73. The molecular weight excluding hydrogens is 188 g/mol. The highest BCUT2D eigenvalue weighted by molar-refractivity contribution is 5.87. The van der Waals surface area contributed by atoms with Gasteiger partial charge in [0.15, 0.2) is 0 Å². The maximum Gasteiger partial charge on any atom is 0.243 e. The third-order valence-electron chi connectivity index (χ3n) is 4.50. The first-order chi connectivity index (χ1) is 7.25. The predicted octanol–water partition coefficient (Wildman–Crippen LogP) is 1.69. The van der Waals surface area contributed by atoms with Gasteiger partial charge in [0.25, 0.3) is 0 Å². The van der Waals surface area contributed by atoms with Crippen LogP contribution in [0.2, 0.25) is 0 Å². The molecule has 3 rings (SSSR count). The number of nitrogens with zero attached hydrogens (tertiary/aromatic N) is 2. The molecule has 3 nitrogen and oxygen atoms in total. The summed E-state index contributed by atoms with van der Waals surface area (Å²) in [4.78, 5) is 14.3. The number of nitriles is 1. The second kappa shape index (κ2) is 2.98. The Hall–Kier alpha value is -1.04. The molecule has 0 aromatic carbocycles. The molecule has 3 fully saturated rings. The number of likely N-dealkylation sites (tertiary alicyclic amines) is 1. The van der Waals surface area contributed by atoms with Gasteiger partial charge in [0.1, 0.15) is 5.41 Å². The van der Waals surface area contributed by atoms with Gasteiger partial charge in [-0.1, -0.05) is 0 Å². The third-order valence-corrected chi connectivity index (χ3v) is 4.50. The molecule has 3 aliphatic rings. The lowest BCUT2D eigenvalue weighted by atomic mass is 9.69. The van der Waals surface area contributed by atoms with E-state index in [0.29, 0.717) is 6.04 Å². The van der Waals surface area contributed by atoms with E-state index in [1.54, 1.807) is 0 Å². The molecule has 0 aromatic heterocycles. The van der Waals surface area contributed by atoms with Crippen LogP contribution in [0, 0.1) is 22.7 Å². The third kappa shape index (κ3) is 1.14. The number of hydrogen-bond donors (Lipinski definition) is 0. The molecule has 1 heterocycles. The number of hydrogen-bond acceptors (Lipinski definition) is 2. The van der Waals surface area contributed by atoms with Crippen LogP contribution < -0.4 is 0 Å². The molecule has 1 aliphatic heterocycles. The Kier molecular flexibility index (Phi) is 1.83. The maximum absolute atomic E-state index is 12.3.